The van der Waals surface area contributed by atoms with Crippen molar-refractivity contribution in [2.24, 2.45) is 5.10 Å². The molecule has 1 aromatic heterocycles. The highest BCUT2D eigenvalue weighted by Gasteiger charge is 2.09. The van der Waals surface area contributed by atoms with Crippen LogP contribution in [0, 0.1) is 0 Å². The fraction of sp³-hybridized carbons (Fsp3) is 0. The first-order valence-corrected chi connectivity index (χ1v) is 10.00. The van der Waals surface area contributed by atoms with Gasteiger partial charge in [0.2, 0.25) is 5.13 Å². The van der Waals surface area contributed by atoms with Gasteiger partial charge in [-0.05, 0) is 44.5 Å². The molecular weight excluding hydrogens is 362 g/mol. The Bertz CT molecular complexity index is 1450. The summed E-state index contributed by atoms with van der Waals surface area (Å²) in [5, 5.41) is 12.9. The molecule has 28 heavy (non-hydrogen) atoms. The van der Waals surface area contributed by atoms with Gasteiger partial charge < -0.3 is 0 Å². The average molecular weight is 377 g/mol. The lowest BCUT2D eigenvalue weighted by Gasteiger charge is -2.12. The Hall–Kier alpha value is -3.50. The number of benzene rings is 5. The number of para-hydroxylation sites is 1. The fourth-order valence-electron chi connectivity index (χ4n) is 3.95. The molecule has 4 heteroatoms. The van der Waals surface area contributed by atoms with Gasteiger partial charge in [0.05, 0.1) is 16.4 Å². The van der Waals surface area contributed by atoms with E-state index in [4.69, 9.17) is 0 Å². The van der Waals surface area contributed by atoms with E-state index in [1.54, 1.807) is 11.3 Å². The van der Waals surface area contributed by atoms with Crippen molar-refractivity contribution in [3.63, 3.8) is 0 Å². The smallest absolute Gasteiger partial charge is 0.204 e. The van der Waals surface area contributed by atoms with E-state index >= 15 is 0 Å². The fourth-order valence-corrected chi connectivity index (χ4v) is 4.76. The minimum atomic E-state index is 0.801. The van der Waals surface area contributed by atoms with Crippen molar-refractivity contribution in [3.05, 3.63) is 84.4 Å². The van der Waals surface area contributed by atoms with E-state index in [0.717, 1.165) is 20.9 Å². The van der Waals surface area contributed by atoms with Crippen LogP contribution in [-0.2, 0) is 0 Å². The van der Waals surface area contributed by atoms with Crippen molar-refractivity contribution < 1.29 is 0 Å². The predicted molar refractivity (Wildman–Crippen MR) is 121 cm³/mol. The molecule has 0 amide bonds. The van der Waals surface area contributed by atoms with Gasteiger partial charge in [0, 0.05) is 5.56 Å². The largest absolute Gasteiger partial charge is 0.253 e. The minimum Gasteiger partial charge on any atom is -0.253 e. The molecule has 0 unspecified atom stereocenters. The highest BCUT2D eigenvalue weighted by atomic mass is 32.1. The molecule has 0 aliphatic carbocycles. The summed E-state index contributed by atoms with van der Waals surface area (Å²) in [5.74, 6) is 0. The van der Waals surface area contributed by atoms with Gasteiger partial charge in [-0.2, -0.15) is 5.10 Å². The van der Waals surface area contributed by atoms with E-state index in [0.29, 0.717) is 0 Å². The van der Waals surface area contributed by atoms with Crippen molar-refractivity contribution in [2.45, 2.75) is 0 Å². The molecule has 0 aliphatic rings. The normalized spacial score (nSPS) is 12.1. The van der Waals surface area contributed by atoms with Gasteiger partial charge in [0.1, 0.15) is 0 Å². The molecule has 132 valence electrons. The second kappa shape index (κ2) is 6.01. The van der Waals surface area contributed by atoms with Crippen LogP contribution in [0.25, 0.3) is 42.5 Å². The topological polar surface area (TPSA) is 37.3 Å². The molecule has 0 aliphatic heterocycles. The molecule has 6 aromatic rings. The van der Waals surface area contributed by atoms with Crippen LogP contribution in [0.15, 0.2) is 84.0 Å². The molecule has 0 fully saturated rings. The molecule has 0 spiro atoms. The molecule has 0 saturated heterocycles. The molecular formula is C24H15N3S. The van der Waals surface area contributed by atoms with Crippen molar-refractivity contribution in [2.75, 3.05) is 5.43 Å². The Labute approximate surface area is 165 Å². The van der Waals surface area contributed by atoms with Crippen molar-refractivity contribution in [3.8, 4) is 0 Å². The van der Waals surface area contributed by atoms with Crippen LogP contribution in [-0.4, -0.2) is 11.2 Å². The lowest BCUT2D eigenvalue weighted by Crippen LogP contribution is -1.92. The zero-order valence-electron chi connectivity index (χ0n) is 14.9. The molecule has 0 radical (unpaired) electrons. The predicted octanol–water partition coefficient (Wildman–Crippen LogP) is 6.64. The number of fused-ring (bicyclic) bond motifs is 1. The lowest BCUT2D eigenvalue weighted by atomic mass is 9.92. The number of nitrogens with zero attached hydrogens (tertiary/aromatic N) is 2. The van der Waals surface area contributed by atoms with Crippen LogP contribution in [0.1, 0.15) is 5.56 Å². The number of hydrogen-bond acceptors (Lipinski definition) is 4. The zero-order chi connectivity index (χ0) is 18.5. The lowest BCUT2D eigenvalue weighted by molar-refractivity contribution is 1.31. The molecule has 1 N–H and O–H groups in total. The number of nitrogens with one attached hydrogen (secondary N) is 1. The number of rotatable bonds is 3. The van der Waals surface area contributed by atoms with E-state index in [9.17, 15) is 0 Å². The third-order valence-electron chi connectivity index (χ3n) is 5.22. The summed E-state index contributed by atoms with van der Waals surface area (Å²) in [7, 11) is 0. The third kappa shape index (κ3) is 2.35. The van der Waals surface area contributed by atoms with Gasteiger partial charge in [-0.1, -0.05) is 78.1 Å². The number of anilines is 1. The highest BCUT2D eigenvalue weighted by Crippen LogP contribution is 2.35. The highest BCUT2D eigenvalue weighted by molar-refractivity contribution is 7.22. The maximum Gasteiger partial charge on any atom is 0.204 e. The number of hydrogen-bond donors (Lipinski definition) is 1. The Kier molecular flexibility index (Phi) is 3.34. The molecule has 1 heterocycles. The summed E-state index contributed by atoms with van der Waals surface area (Å²) >= 11 is 1.61. The Morgan fingerprint density at radius 1 is 0.750 bits per heavy atom. The molecule has 0 atom stereocenters. The third-order valence-corrected chi connectivity index (χ3v) is 6.16. The summed E-state index contributed by atoms with van der Waals surface area (Å²) in [4.78, 5) is 4.57. The molecule has 0 saturated carbocycles. The summed E-state index contributed by atoms with van der Waals surface area (Å²) in [6.45, 7) is 0. The minimum absolute atomic E-state index is 0.801. The van der Waals surface area contributed by atoms with E-state index in [2.05, 4.69) is 76.2 Å². The summed E-state index contributed by atoms with van der Waals surface area (Å²) < 4.78 is 1.16. The standard InChI is InChI=1S/C24H15N3S/c1-2-7-21-20(6-1)26-24(28-21)27-25-14-18-11-10-17-9-8-15-4-3-5-16-12-13-19(18)23(17)22(15)16/h1-14H,(H,26,27)/b25-14+. The average Bonchev–Trinajstić information content (AvgIpc) is 3.16. The zero-order valence-corrected chi connectivity index (χ0v) is 15.7. The van der Waals surface area contributed by atoms with E-state index < -0.39 is 0 Å². The summed E-state index contributed by atoms with van der Waals surface area (Å²) in [5.41, 5.74) is 5.18. The second-order valence-electron chi connectivity index (χ2n) is 6.87. The summed E-state index contributed by atoms with van der Waals surface area (Å²) in [6.07, 6.45) is 1.89. The van der Waals surface area contributed by atoms with E-state index in [-0.39, 0.29) is 0 Å². The maximum absolute atomic E-state index is 4.57. The first-order chi connectivity index (χ1) is 13.9. The Morgan fingerprint density at radius 2 is 1.50 bits per heavy atom. The quantitative estimate of drug-likeness (QED) is 0.213. The molecule has 6 rings (SSSR count). The Morgan fingerprint density at radius 3 is 2.36 bits per heavy atom. The number of thiazole rings is 1. The van der Waals surface area contributed by atoms with Gasteiger partial charge in [0.25, 0.3) is 0 Å². The molecule has 0 bridgehead atoms. The first kappa shape index (κ1) is 15.5. The SMILES string of the molecule is C(=N\Nc1nc2ccccc2s1)/c1ccc2ccc3cccc4ccc1c2c34. The van der Waals surface area contributed by atoms with Crippen LogP contribution in [0.5, 0.6) is 0 Å². The summed E-state index contributed by atoms with van der Waals surface area (Å²) in [6, 6.07) is 27.7. The van der Waals surface area contributed by atoms with E-state index in [1.165, 1.54) is 32.3 Å². The van der Waals surface area contributed by atoms with Crippen molar-refractivity contribution in [1.29, 1.82) is 0 Å². The van der Waals surface area contributed by atoms with Crippen LogP contribution in [0.3, 0.4) is 0 Å². The number of aromatic nitrogens is 1. The molecule has 3 nitrogen and oxygen atoms in total. The van der Waals surface area contributed by atoms with Crippen molar-refractivity contribution in [1.82, 2.24) is 4.98 Å². The monoisotopic (exact) mass is 377 g/mol. The van der Waals surface area contributed by atoms with Crippen molar-refractivity contribution >= 4 is 65.2 Å². The van der Waals surface area contributed by atoms with Crippen LogP contribution >= 0.6 is 11.3 Å². The maximum atomic E-state index is 4.57. The second-order valence-corrected chi connectivity index (χ2v) is 7.90. The van der Waals surface area contributed by atoms with Gasteiger partial charge in [0.15, 0.2) is 0 Å². The van der Waals surface area contributed by atoms with Crippen LogP contribution in [0.2, 0.25) is 0 Å². The van der Waals surface area contributed by atoms with Gasteiger partial charge in [-0.25, -0.2) is 4.98 Å². The van der Waals surface area contributed by atoms with Gasteiger partial charge in [-0.15, -0.1) is 0 Å². The van der Waals surface area contributed by atoms with Crippen LogP contribution < -0.4 is 5.43 Å². The molecule has 5 aromatic carbocycles. The van der Waals surface area contributed by atoms with E-state index in [1.807, 2.05) is 24.4 Å². The number of hydrazone groups is 1. The van der Waals surface area contributed by atoms with Gasteiger partial charge >= 0.3 is 0 Å². The first-order valence-electron chi connectivity index (χ1n) is 9.18. The van der Waals surface area contributed by atoms with Crippen LogP contribution in [0.4, 0.5) is 5.13 Å². The van der Waals surface area contributed by atoms with Gasteiger partial charge in [-0.3, -0.25) is 5.43 Å². The Balaban J connectivity index is 1.44.